The molecular weight excluding hydrogens is 242 g/mol. The van der Waals surface area contributed by atoms with Crippen LogP contribution in [0.5, 0.6) is 0 Å². The fraction of sp³-hybridized carbons (Fsp3) is 0.700. The van der Waals surface area contributed by atoms with Crippen molar-refractivity contribution in [1.29, 1.82) is 0 Å². The third kappa shape index (κ3) is 4.21. The molecule has 102 valence electrons. The van der Waals surface area contributed by atoms with Gasteiger partial charge in [-0.25, -0.2) is 9.59 Å². The molecule has 8 heteroatoms. The maximum atomic E-state index is 11.7. The first kappa shape index (κ1) is 14.2. The van der Waals surface area contributed by atoms with Crippen LogP contribution in [0, 0.1) is 0 Å². The second-order valence-corrected chi connectivity index (χ2v) is 4.23. The first-order valence-electron chi connectivity index (χ1n) is 5.64. The van der Waals surface area contributed by atoms with Crippen LogP contribution in [0.1, 0.15) is 19.3 Å². The summed E-state index contributed by atoms with van der Waals surface area (Å²) in [5.74, 6) is -1.84. The largest absolute Gasteiger partial charge is 0.480 e. The van der Waals surface area contributed by atoms with Gasteiger partial charge in [0.05, 0.1) is 6.10 Å². The summed E-state index contributed by atoms with van der Waals surface area (Å²) in [6.45, 7) is 0.573. The van der Waals surface area contributed by atoms with Crippen LogP contribution in [0.2, 0.25) is 0 Å². The number of rotatable bonds is 5. The van der Waals surface area contributed by atoms with E-state index >= 15 is 0 Å². The molecule has 1 fully saturated rings. The maximum Gasteiger partial charge on any atom is 0.326 e. The van der Waals surface area contributed by atoms with E-state index in [1.807, 2.05) is 0 Å². The van der Waals surface area contributed by atoms with Crippen molar-refractivity contribution in [3.05, 3.63) is 0 Å². The van der Waals surface area contributed by atoms with Gasteiger partial charge in [0.2, 0.25) is 5.91 Å². The molecule has 18 heavy (non-hydrogen) atoms. The summed E-state index contributed by atoms with van der Waals surface area (Å²) in [4.78, 5) is 34.5. The molecule has 1 unspecified atom stereocenters. The van der Waals surface area contributed by atoms with E-state index in [2.05, 4.69) is 5.32 Å². The van der Waals surface area contributed by atoms with Crippen LogP contribution in [0.3, 0.4) is 0 Å². The number of carboxylic acid groups (broad SMARTS) is 1. The number of amides is 3. The number of likely N-dealkylation sites (tertiary alicyclic amines) is 1. The zero-order valence-electron chi connectivity index (χ0n) is 9.83. The number of aliphatic hydroxyl groups is 1. The van der Waals surface area contributed by atoms with E-state index < -0.39 is 30.1 Å². The number of carboxylic acids is 1. The van der Waals surface area contributed by atoms with Gasteiger partial charge in [-0.05, 0) is 12.8 Å². The molecule has 5 N–H and O–H groups in total. The predicted octanol–water partition coefficient (Wildman–Crippen LogP) is -1.52. The van der Waals surface area contributed by atoms with E-state index in [0.29, 0.717) is 13.0 Å². The van der Waals surface area contributed by atoms with Gasteiger partial charge < -0.3 is 26.2 Å². The predicted molar refractivity (Wildman–Crippen MR) is 60.6 cm³/mol. The van der Waals surface area contributed by atoms with Crippen molar-refractivity contribution in [3.8, 4) is 0 Å². The molecule has 1 rings (SSSR count). The molecular formula is C10H17N3O5. The summed E-state index contributed by atoms with van der Waals surface area (Å²) in [7, 11) is 0. The smallest absolute Gasteiger partial charge is 0.326 e. The summed E-state index contributed by atoms with van der Waals surface area (Å²) in [5, 5.41) is 20.5. The van der Waals surface area contributed by atoms with Crippen LogP contribution >= 0.6 is 0 Å². The van der Waals surface area contributed by atoms with Gasteiger partial charge in [0.25, 0.3) is 0 Å². The number of hydrogen-bond acceptors (Lipinski definition) is 4. The van der Waals surface area contributed by atoms with E-state index in [9.17, 15) is 19.5 Å². The van der Waals surface area contributed by atoms with Crippen molar-refractivity contribution in [2.45, 2.75) is 31.4 Å². The Morgan fingerprint density at radius 3 is 2.56 bits per heavy atom. The Morgan fingerprint density at radius 1 is 1.44 bits per heavy atom. The zero-order chi connectivity index (χ0) is 13.7. The Morgan fingerprint density at radius 2 is 2.11 bits per heavy atom. The van der Waals surface area contributed by atoms with Gasteiger partial charge in [-0.3, -0.25) is 4.79 Å². The van der Waals surface area contributed by atoms with E-state index in [-0.39, 0.29) is 19.4 Å². The standard InChI is InChI=1S/C10H17N3O5/c11-8(15)2-1-7(9(16)17)12-10(18)13-4-3-6(14)5-13/h6-7,14H,1-5H2,(H2,11,15)(H,12,18)(H,16,17)/t6?,7-/m1/s1. The van der Waals surface area contributed by atoms with Gasteiger partial charge >= 0.3 is 12.0 Å². The lowest BCUT2D eigenvalue weighted by atomic mass is 10.1. The highest BCUT2D eigenvalue weighted by atomic mass is 16.4. The average molecular weight is 259 g/mol. The molecule has 0 aromatic rings. The molecule has 8 nitrogen and oxygen atoms in total. The monoisotopic (exact) mass is 259 g/mol. The number of carbonyl (C=O) groups excluding carboxylic acids is 2. The number of nitrogens with one attached hydrogen (secondary N) is 1. The van der Waals surface area contributed by atoms with Gasteiger partial charge in [0, 0.05) is 19.5 Å². The van der Waals surface area contributed by atoms with E-state index in [0.717, 1.165) is 0 Å². The number of carbonyl (C=O) groups is 3. The number of aliphatic hydroxyl groups excluding tert-OH is 1. The highest BCUT2D eigenvalue weighted by Gasteiger charge is 2.28. The highest BCUT2D eigenvalue weighted by Crippen LogP contribution is 2.09. The molecule has 3 amide bonds. The topological polar surface area (TPSA) is 133 Å². The van der Waals surface area contributed by atoms with E-state index in [1.165, 1.54) is 4.90 Å². The van der Waals surface area contributed by atoms with Gasteiger partial charge in [-0.2, -0.15) is 0 Å². The van der Waals surface area contributed by atoms with Crippen LogP contribution in [0.4, 0.5) is 4.79 Å². The average Bonchev–Trinajstić information content (AvgIpc) is 2.70. The number of urea groups is 1. The zero-order valence-corrected chi connectivity index (χ0v) is 9.83. The Kier molecular flexibility index (Phi) is 4.90. The molecule has 0 aliphatic carbocycles. The van der Waals surface area contributed by atoms with Gasteiger partial charge in [-0.1, -0.05) is 0 Å². The Balaban J connectivity index is 2.47. The van der Waals surface area contributed by atoms with Gasteiger partial charge in [0.1, 0.15) is 6.04 Å². The van der Waals surface area contributed by atoms with Crippen molar-refractivity contribution >= 4 is 17.9 Å². The molecule has 0 bridgehead atoms. The number of hydrogen-bond donors (Lipinski definition) is 4. The molecule has 0 aromatic heterocycles. The molecule has 1 heterocycles. The number of primary amides is 1. The quantitative estimate of drug-likeness (QED) is 0.476. The number of β-amino-alcohol motifs (C(OH)–C–C–N with tert-alkyl or cyclic N) is 1. The SMILES string of the molecule is NC(=O)CC[C@@H](NC(=O)N1CCC(O)C1)C(=O)O. The molecule has 0 saturated carbocycles. The van der Waals surface area contributed by atoms with Crippen molar-refractivity contribution < 1.29 is 24.6 Å². The molecule has 0 spiro atoms. The molecule has 1 aliphatic heterocycles. The summed E-state index contributed by atoms with van der Waals surface area (Å²) in [6, 6.07) is -1.70. The fourth-order valence-corrected chi connectivity index (χ4v) is 1.71. The third-order valence-electron chi connectivity index (χ3n) is 2.73. The van der Waals surface area contributed by atoms with E-state index in [4.69, 9.17) is 10.8 Å². The number of nitrogens with two attached hydrogens (primary N) is 1. The summed E-state index contributed by atoms with van der Waals surface area (Å²) in [5.41, 5.74) is 4.92. The normalized spacial score (nSPS) is 20.5. The molecule has 0 radical (unpaired) electrons. The lowest BCUT2D eigenvalue weighted by Crippen LogP contribution is -2.47. The number of nitrogens with zero attached hydrogens (tertiary/aromatic N) is 1. The first-order chi connectivity index (χ1) is 8.40. The molecule has 0 aromatic carbocycles. The van der Waals surface area contributed by atoms with Crippen molar-refractivity contribution in [3.63, 3.8) is 0 Å². The van der Waals surface area contributed by atoms with Crippen molar-refractivity contribution in [2.75, 3.05) is 13.1 Å². The summed E-state index contributed by atoms with van der Waals surface area (Å²) < 4.78 is 0. The van der Waals surface area contributed by atoms with Crippen LogP contribution in [-0.2, 0) is 9.59 Å². The third-order valence-corrected chi connectivity index (χ3v) is 2.73. The molecule has 2 atom stereocenters. The first-order valence-corrected chi connectivity index (χ1v) is 5.64. The maximum absolute atomic E-state index is 11.7. The Labute approximate surface area is 104 Å². The van der Waals surface area contributed by atoms with Gasteiger partial charge in [-0.15, -0.1) is 0 Å². The van der Waals surface area contributed by atoms with Gasteiger partial charge in [0.15, 0.2) is 0 Å². The Hall–Kier alpha value is -1.83. The highest BCUT2D eigenvalue weighted by molar-refractivity contribution is 5.83. The minimum Gasteiger partial charge on any atom is -0.480 e. The lowest BCUT2D eigenvalue weighted by Gasteiger charge is -2.20. The minimum absolute atomic E-state index is 0.0488. The Bertz CT molecular complexity index is 346. The van der Waals surface area contributed by atoms with Crippen LogP contribution < -0.4 is 11.1 Å². The van der Waals surface area contributed by atoms with Crippen LogP contribution in [-0.4, -0.2) is 58.3 Å². The lowest BCUT2D eigenvalue weighted by molar-refractivity contribution is -0.139. The molecule has 1 aliphatic rings. The fourth-order valence-electron chi connectivity index (χ4n) is 1.71. The second-order valence-electron chi connectivity index (χ2n) is 4.23. The summed E-state index contributed by atoms with van der Waals surface area (Å²) >= 11 is 0. The second kappa shape index (κ2) is 6.20. The molecule has 1 saturated heterocycles. The van der Waals surface area contributed by atoms with E-state index in [1.54, 1.807) is 0 Å². The minimum atomic E-state index is -1.22. The number of aliphatic carboxylic acids is 1. The summed E-state index contributed by atoms with van der Waals surface area (Å²) in [6.07, 6.45) is -0.247. The van der Waals surface area contributed by atoms with Crippen molar-refractivity contribution in [1.82, 2.24) is 10.2 Å². The van der Waals surface area contributed by atoms with Crippen LogP contribution in [0.25, 0.3) is 0 Å². The van der Waals surface area contributed by atoms with Crippen LogP contribution in [0.15, 0.2) is 0 Å². The van der Waals surface area contributed by atoms with Crippen molar-refractivity contribution in [2.24, 2.45) is 5.73 Å².